The van der Waals surface area contributed by atoms with Crippen molar-refractivity contribution in [3.63, 3.8) is 0 Å². The number of halogens is 1. The molecule has 1 aromatic rings. The summed E-state index contributed by atoms with van der Waals surface area (Å²) in [4.78, 5) is 10.3. The first kappa shape index (κ1) is 15.0. The Morgan fingerprint density at radius 3 is 2.70 bits per heavy atom. The normalized spacial score (nSPS) is 22.6. The van der Waals surface area contributed by atoms with Crippen LogP contribution >= 0.6 is 0 Å². The van der Waals surface area contributed by atoms with Crippen molar-refractivity contribution >= 4 is 11.8 Å². The average Bonchev–Trinajstić information content (AvgIpc) is 2.46. The van der Waals surface area contributed by atoms with E-state index in [1.54, 1.807) is 0 Å². The van der Waals surface area contributed by atoms with Crippen molar-refractivity contribution < 1.29 is 4.39 Å². The lowest BCUT2D eigenvalue weighted by atomic mass is 9.87. The van der Waals surface area contributed by atoms with Crippen LogP contribution < -0.4 is 10.2 Å². The molecule has 20 heavy (non-hydrogen) atoms. The fraction of sp³-hybridized carbons (Fsp3) is 0.733. The van der Waals surface area contributed by atoms with Crippen molar-refractivity contribution in [2.24, 2.45) is 5.92 Å². The number of nitrogens with zero attached hydrogens (tertiary/aromatic N) is 3. The SMILES string of the molecule is CCCNc1ncc(F)c(N(C)C2CCC(C)CC2)n1. The molecule has 0 atom stereocenters. The molecule has 0 bridgehead atoms. The summed E-state index contributed by atoms with van der Waals surface area (Å²) in [5.41, 5.74) is 0. The summed E-state index contributed by atoms with van der Waals surface area (Å²) in [6, 6.07) is 0.384. The topological polar surface area (TPSA) is 41.1 Å². The van der Waals surface area contributed by atoms with Gasteiger partial charge in [-0.1, -0.05) is 13.8 Å². The van der Waals surface area contributed by atoms with Crippen molar-refractivity contribution in [1.29, 1.82) is 0 Å². The highest BCUT2D eigenvalue weighted by molar-refractivity contribution is 5.44. The van der Waals surface area contributed by atoms with Gasteiger partial charge in [0.15, 0.2) is 11.6 Å². The standard InChI is InChI=1S/C15H25FN4/c1-4-9-17-15-18-10-13(16)14(19-15)20(3)12-7-5-11(2)6-8-12/h10-12H,4-9H2,1-3H3,(H,17,18,19). The maximum Gasteiger partial charge on any atom is 0.224 e. The Balaban J connectivity index is 2.09. The largest absolute Gasteiger partial charge is 0.354 e. The highest BCUT2D eigenvalue weighted by Gasteiger charge is 2.24. The molecule has 0 radical (unpaired) electrons. The Morgan fingerprint density at radius 1 is 1.35 bits per heavy atom. The molecule has 0 aromatic carbocycles. The predicted molar refractivity (Wildman–Crippen MR) is 80.6 cm³/mol. The van der Waals surface area contributed by atoms with E-state index in [1.807, 2.05) is 11.9 Å². The van der Waals surface area contributed by atoms with E-state index in [0.717, 1.165) is 31.7 Å². The summed E-state index contributed by atoms with van der Waals surface area (Å²) in [5, 5.41) is 3.11. The van der Waals surface area contributed by atoms with Gasteiger partial charge in [0.1, 0.15) is 0 Å². The van der Waals surface area contributed by atoms with E-state index in [9.17, 15) is 4.39 Å². The first-order valence-electron chi connectivity index (χ1n) is 7.61. The minimum atomic E-state index is -0.340. The molecule has 0 saturated heterocycles. The van der Waals surface area contributed by atoms with Crippen LogP contribution in [-0.4, -0.2) is 29.6 Å². The Hall–Kier alpha value is -1.39. The molecule has 5 heteroatoms. The first-order chi connectivity index (χ1) is 9.61. The third kappa shape index (κ3) is 3.58. The van der Waals surface area contributed by atoms with Gasteiger partial charge in [-0.2, -0.15) is 4.98 Å². The molecular weight excluding hydrogens is 255 g/mol. The average molecular weight is 280 g/mol. The Bertz CT molecular complexity index is 430. The van der Waals surface area contributed by atoms with E-state index in [0.29, 0.717) is 17.8 Å². The second-order valence-electron chi connectivity index (χ2n) is 5.82. The Morgan fingerprint density at radius 2 is 2.05 bits per heavy atom. The van der Waals surface area contributed by atoms with Gasteiger partial charge in [-0.15, -0.1) is 0 Å². The summed E-state index contributed by atoms with van der Waals surface area (Å²) >= 11 is 0. The number of hydrogen-bond acceptors (Lipinski definition) is 4. The summed E-state index contributed by atoms with van der Waals surface area (Å²) < 4.78 is 14.0. The molecule has 1 heterocycles. The zero-order chi connectivity index (χ0) is 14.5. The number of hydrogen-bond donors (Lipinski definition) is 1. The van der Waals surface area contributed by atoms with Gasteiger partial charge in [-0.25, -0.2) is 9.37 Å². The van der Waals surface area contributed by atoms with E-state index < -0.39 is 0 Å². The Labute approximate surface area is 120 Å². The van der Waals surface area contributed by atoms with Gasteiger partial charge in [0.25, 0.3) is 0 Å². The van der Waals surface area contributed by atoms with Gasteiger partial charge >= 0.3 is 0 Å². The molecule has 0 aliphatic heterocycles. The minimum Gasteiger partial charge on any atom is -0.354 e. The molecule has 1 aromatic heterocycles. The lowest BCUT2D eigenvalue weighted by molar-refractivity contribution is 0.338. The van der Waals surface area contributed by atoms with Crippen molar-refractivity contribution in [1.82, 2.24) is 9.97 Å². The van der Waals surface area contributed by atoms with Gasteiger partial charge in [-0.3, -0.25) is 0 Å². The summed E-state index contributed by atoms with van der Waals surface area (Å²) in [6.07, 6.45) is 6.90. The second-order valence-corrected chi connectivity index (χ2v) is 5.82. The van der Waals surface area contributed by atoms with Crippen LogP contribution in [0.3, 0.4) is 0 Å². The van der Waals surface area contributed by atoms with Crippen molar-refractivity contribution in [2.75, 3.05) is 23.8 Å². The summed E-state index contributed by atoms with van der Waals surface area (Å²) in [6.45, 7) is 5.16. The van der Waals surface area contributed by atoms with Crippen LogP contribution in [0.4, 0.5) is 16.2 Å². The zero-order valence-corrected chi connectivity index (χ0v) is 12.7. The number of nitrogens with one attached hydrogen (secondary N) is 1. The molecule has 1 saturated carbocycles. The molecule has 0 amide bonds. The fourth-order valence-corrected chi connectivity index (χ4v) is 2.73. The highest BCUT2D eigenvalue weighted by Crippen LogP contribution is 2.29. The summed E-state index contributed by atoms with van der Waals surface area (Å²) in [5.74, 6) is 1.38. The number of aromatic nitrogens is 2. The number of rotatable bonds is 5. The highest BCUT2D eigenvalue weighted by atomic mass is 19.1. The lowest BCUT2D eigenvalue weighted by Crippen LogP contribution is -2.36. The molecule has 0 unspecified atom stereocenters. The van der Waals surface area contributed by atoms with Gasteiger partial charge in [0.05, 0.1) is 6.20 Å². The monoisotopic (exact) mass is 280 g/mol. The van der Waals surface area contributed by atoms with Crippen LogP contribution in [0, 0.1) is 11.7 Å². The fourth-order valence-electron chi connectivity index (χ4n) is 2.73. The van der Waals surface area contributed by atoms with Gasteiger partial charge in [0, 0.05) is 19.6 Å². The third-order valence-corrected chi connectivity index (χ3v) is 4.13. The maximum absolute atomic E-state index is 14.0. The van der Waals surface area contributed by atoms with Gasteiger partial charge in [0.2, 0.25) is 5.95 Å². The number of anilines is 2. The summed E-state index contributed by atoms with van der Waals surface area (Å²) in [7, 11) is 1.94. The molecule has 1 aliphatic rings. The van der Waals surface area contributed by atoms with E-state index in [-0.39, 0.29) is 5.82 Å². The third-order valence-electron chi connectivity index (χ3n) is 4.13. The zero-order valence-electron chi connectivity index (χ0n) is 12.7. The Kier molecular flexibility index (Phi) is 5.15. The molecule has 4 nitrogen and oxygen atoms in total. The molecule has 1 aliphatic carbocycles. The smallest absolute Gasteiger partial charge is 0.224 e. The van der Waals surface area contributed by atoms with Crippen molar-refractivity contribution in [3.05, 3.63) is 12.0 Å². The second kappa shape index (κ2) is 6.86. The molecule has 1 fully saturated rings. The van der Waals surface area contributed by atoms with Crippen LogP contribution in [-0.2, 0) is 0 Å². The maximum atomic E-state index is 14.0. The van der Waals surface area contributed by atoms with Crippen LogP contribution in [0.25, 0.3) is 0 Å². The van der Waals surface area contributed by atoms with E-state index in [2.05, 4.69) is 29.1 Å². The lowest BCUT2D eigenvalue weighted by Gasteiger charge is -2.34. The molecule has 1 N–H and O–H groups in total. The van der Waals surface area contributed by atoms with E-state index in [1.165, 1.54) is 19.0 Å². The van der Waals surface area contributed by atoms with Crippen LogP contribution in [0.15, 0.2) is 6.20 Å². The molecular formula is C15H25FN4. The molecule has 112 valence electrons. The van der Waals surface area contributed by atoms with E-state index >= 15 is 0 Å². The van der Waals surface area contributed by atoms with Crippen molar-refractivity contribution in [3.8, 4) is 0 Å². The van der Waals surface area contributed by atoms with Crippen molar-refractivity contribution in [2.45, 2.75) is 52.0 Å². The van der Waals surface area contributed by atoms with Crippen LogP contribution in [0.5, 0.6) is 0 Å². The first-order valence-corrected chi connectivity index (χ1v) is 7.61. The predicted octanol–water partition coefficient (Wildman–Crippen LogP) is 3.45. The minimum absolute atomic E-state index is 0.340. The quantitative estimate of drug-likeness (QED) is 0.897. The van der Waals surface area contributed by atoms with Crippen LogP contribution in [0.1, 0.15) is 46.0 Å². The molecule has 0 spiro atoms. The molecule has 2 rings (SSSR count). The van der Waals surface area contributed by atoms with Gasteiger partial charge < -0.3 is 10.2 Å². The van der Waals surface area contributed by atoms with Gasteiger partial charge in [-0.05, 0) is 38.0 Å². The van der Waals surface area contributed by atoms with E-state index in [4.69, 9.17) is 0 Å². The van der Waals surface area contributed by atoms with Crippen LogP contribution in [0.2, 0.25) is 0 Å².